The summed E-state index contributed by atoms with van der Waals surface area (Å²) in [6.07, 6.45) is -0.813. The number of para-hydroxylation sites is 3. The van der Waals surface area contributed by atoms with Crippen LogP contribution in [0.1, 0.15) is 40.4 Å². The Morgan fingerprint density at radius 3 is 2.32 bits per heavy atom. The number of fused-ring (bicyclic) bond motifs is 4. The topological polar surface area (TPSA) is 120 Å². The van der Waals surface area contributed by atoms with Crippen LogP contribution in [0, 0.1) is 5.92 Å². The number of aliphatic hydroxyl groups is 1. The smallest absolute Gasteiger partial charge is 0.266 e. The van der Waals surface area contributed by atoms with Crippen molar-refractivity contribution in [3.63, 3.8) is 0 Å². The van der Waals surface area contributed by atoms with Crippen molar-refractivity contribution >= 4 is 59.0 Å². The number of anilines is 3. The highest BCUT2D eigenvalue weighted by molar-refractivity contribution is 9.10. The number of carbonyl (C=O) groups excluding carboxylic acids is 3. The van der Waals surface area contributed by atoms with Gasteiger partial charge in [-0.1, -0.05) is 89.6 Å². The van der Waals surface area contributed by atoms with Crippen molar-refractivity contribution in [3.8, 4) is 11.5 Å². The first kappa shape index (κ1) is 38.7. The van der Waals surface area contributed by atoms with Gasteiger partial charge in [-0.05, 0) is 78.8 Å². The second-order valence-corrected chi connectivity index (χ2v) is 20.4. The molecule has 0 bridgehead atoms. The van der Waals surface area contributed by atoms with E-state index in [1.807, 2.05) is 129 Å². The molecule has 8 rings (SSSR count). The van der Waals surface area contributed by atoms with Crippen molar-refractivity contribution in [2.24, 2.45) is 5.92 Å². The number of hydrogen-bond donors (Lipinski definition) is 2. The molecule has 1 fully saturated rings. The van der Waals surface area contributed by atoms with Gasteiger partial charge in [0.05, 0.1) is 42.6 Å². The number of nitrogens with zero attached hydrogens (tertiary/aromatic N) is 3. The van der Waals surface area contributed by atoms with Crippen LogP contribution in [-0.4, -0.2) is 60.1 Å². The molecule has 0 aromatic heterocycles. The monoisotopic (exact) mass is 845 g/mol. The number of hydrogen-bond acceptors (Lipinski definition) is 7. The highest BCUT2D eigenvalue weighted by Crippen LogP contribution is 2.60. The zero-order valence-corrected chi connectivity index (χ0v) is 34.6. The number of carbonyl (C=O) groups is 3. The molecule has 0 saturated carbocycles. The third kappa shape index (κ3) is 6.99. The minimum Gasteiger partial charge on any atom is -0.454 e. The van der Waals surface area contributed by atoms with Crippen LogP contribution in [-0.2, 0) is 33.0 Å². The first-order chi connectivity index (χ1) is 27.4. The fraction of sp³-hybridized carbons (Fsp3) is 0.267. The van der Waals surface area contributed by atoms with E-state index in [1.165, 1.54) is 0 Å². The van der Waals surface area contributed by atoms with Crippen LogP contribution in [0.25, 0.3) is 0 Å². The maximum Gasteiger partial charge on any atom is 0.266 e. The molecule has 0 unspecified atom stereocenters. The van der Waals surface area contributed by atoms with Crippen LogP contribution in [0.3, 0.4) is 0 Å². The van der Waals surface area contributed by atoms with Crippen molar-refractivity contribution in [2.45, 2.75) is 56.8 Å². The summed E-state index contributed by atoms with van der Waals surface area (Å²) >= 11 is 3.63. The summed E-state index contributed by atoms with van der Waals surface area (Å²) in [7, 11) is -3.07. The van der Waals surface area contributed by atoms with Crippen LogP contribution >= 0.6 is 15.9 Å². The fourth-order valence-corrected chi connectivity index (χ4v) is 11.9. The Kier molecular flexibility index (Phi) is 10.4. The molecule has 5 aromatic rings. The molecule has 1 spiro atoms. The zero-order valence-electron chi connectivity index (χ0n) is 32.0. The Labute approximate surface area is 341 Å². The van der Waals surface area contributed by atoms with Gasteiger partial charge in [0.25, 0.3) is 11.8 Å². The number of ether oxygens (including phenoxy) is 2. The molecule has 3 aliphatic heterocycles. The summed E-state index contributed by atoms with van der Waals surface area (Å²) in [5, 5.41) is 9.90. The summed E-state index contributed by atoms with van der Waals surface area (Å²) in [6.45, 7) is 6.04. The first-order valence-corrected chi connectivity index (χ1v) is 23.0. The van der Waals surface area contributed by atoms with E-state index in [-0.39, 0.29) is 43.8 Å². The maximum absolute atomic E-state index is 15.2. The van der Waals surface area contributed by atoms with Gasteiger partial charge in [-0.25, -0.2) is 0 Å². The predicted molar refractivity (Wildman–Crippen MR) is 224 cm³/mol. The minimum absolute atomic E-state index is 0.0581. The van der Waals surface area contributed by atoms with Crippen LogP contribution in [0.4, 0.5) is 17.1 Å². The summed E-state index contributed by atoms with van der Waals surface area (Å²) < 4.78 is 14.0. The molecule has 3 amide bonds. The third-order valence-corrected chi connectivity index (χ3v) is 14.4. The molecule has 292 valence electrons. The summed E-state index contributed by atoms with van der Waals surface area (Å²) in [5.74, 6) is -0.207. The van der Waals surface area contributed by atoms with E-state index < -0.39 is 31.5 Å². The standard InChI is InChI=1S/C45H44BrN3O7Si/c1-29-42(57(2,3)54)40(26-41(51)47(22-23-50)27-30-12-5-4-6-13-30)56-45(29)35-25-32(46)20-21-36(35)48(44(45)53)28-31-14-11-15-33(24-31)49-37-17-8-10-19-39(37)55-38-18-9-7-16-34(38)43(49)52/h4-21,24-25,29,40,42,50,54H,22-23,26-28H2,1-3H3/t29-,40+,42-,45+/m1/s1. The Hall–Kier alpha value is -5.11. The highest BCUT2D eigenvalue weighted by Gasteiger charge is 2.66. The molecule has 57 heavy (non-hydrogen) atoms. The summed E-state index contributed by atoms with van der Waals surface area (Å²) in [6, 6.07) is 37.4. The Morgan fingerprint density at radius 1 is 0.860 bits per heavy atom. The molecule has 5 aromatic carbocycles. The van der Waals surface area contributed by atoms with Crippen molar-refractivity contribution in [1.82, 2.24) is 4.90 Å². The van der Waals surface area contributed by atoms with E-state index in [1.54, 1.807) is 26.8 Å². The second kappa shape index (κ2) is 15.3. The number of benzene rings is 5. The first-order valence-electron chi connectivity index (χ1n) is 19.1. The largest absolute Gasteiger partial charge is 0.454 e. The van der Waals surface area contributed by atoms with E-state index in [2.05, 4.69) is 15.9 Å². The number of amides is 3. The van der Waals surface area contributed by atoms with E-state index >= 15 is 4.79 Å². The van der Waals surface area contributed by atoms with Gasteiger partial charge in [-0.3, -0.25) is 19.3 Å². The molecule has 2 N–H and O–H groups in total. The Bertz CT molecular complexity index is 2350. The zero-order chi connectivity index (χ0) is 40.1. The molecule has 3 heterocycles. The molecule has 1 saturated heterocycles. The van der Waals surface area contributed by atoms with Gasteiger partial charge < -0.3 is 29.2 Å². The molecule has 3 aliphatic rings. The van der Waals surface area contributed by atoms with Gasteiger partial charge in [0, 0.05) is 40.3 Å². The molecule has 12 heteroatoms. The van der Waals surface area contributed by atoms with Gasteiger partial charge in [-0.2, -0.15) is 0 Å². The van der Waals surface area contributed by atoms with Gasteiger partial charge >= 0.3 is 0 Å². The molecule has 10 nitrogen and oxygen atoms in total. The predicted octanol–water partition coefficient (Wildman–Crippen LogP) is 8.29. The average molecular weight is 847 g/mol. The number of rotatable bonds is 10. The van der Waals surface area contributed by atoms with E-state index in [9.17, 15) is 19.5 Å². The quantitative estimate of drug-likeness (QED) is 0.136. The van der Waals surface area contributed by atoms with Crippen molar-refractivity contribution in [2.75, 3.05) is 23.0 Å². The Morgan fingerprint density at radius 2 is 1.56 bits per heavy atom. The third-order valence-electron chi connectivity index (χ3n) is 11.4. The van der Waals surface area contributed by atoms with E-state index in [0.29, 0.717) is 46.2 Å². The summed E-state index contributed by atoms with van der Waals surface area (Å²) in [5.41, 5.74) is 2.76. The molecular weight excluding hydrogens is 802 g/mol. The highest BCUT2D eigenvalue weighted by atomic mass is 79.9. The minimum atomic E-state index is -3.07. The van der Waals surface area contributed by atoms with Crippen LogP contribution in [0.2, 0.25) is 18.6 Å². The van der Waals surface area contributed by atoms with Crippen molar-refractivity contribution < 1.29 is 33.8 Å². The van der Waals surface area contributed by atoms with Crippen molar-refractivity contribution in [3.05, 3.63) is 148 Å². The lowest BCUT2D eigenvalue weighted by molar-refractivity contribution is -0.150. The number of halogens is 1. The lowest BCUT2D eigenvalue weighted by Crippen LogP contribution is -2.46. The Balaban J connectivity index is 1.13. The maximum atomic E-state index is 15.2. The number of aliphatic hydroxyl groups excluding tert-OH is 1. The summed E-state index contributed by atoms with van der Waals surface area (Å²) in [4.78, 5) is 60.2. The van der Waals surface area contributed by atoms with Gasteiger partial charge in [-0.15, -0.1) is 0 Å². The lowest BCUT2D eigenvalue weighted by atomic mass is 9.82. The average Bonchev–Trinajstić information content (AvgIpc) is 3.56. The molecule has 0 aliphatic carbocycles. The van der Waals surface area contributed by atoms with Crippen LogP contribution in [0.5, 0.6) is 11.5 Å². The van der Waals surface area contributed by atoms with Crippen LogP contribution in [0.15, 0.2) is 126 Å². The lowest BCUT2D eigenvalue weighted by Gasteiger charge is -2.32. The van der Waals surface area contributed by atoms with Gasteiger partial charge in [0.2, 0.25) is 5.91 Å². The van der Waals surface area contributed by atoms with Crippen molar-refractivity contribution in [1.29, 1.82) is 0 Å². The van der Waals surface area contributed by atoms with Gasteiger partial charge in [0.1, 0.15) is 5.75 Å². The fourth-order valence-electron chi connectivity index (χ4n) is 8.97. The molecule has 0 radical (unpaired) electrons. The van der Waals surface area contributed by atoms with Crippen LogP contribution < -0.4 is 14.5 Å². The normalized spacial score (nSPS) is 21.2. The van der Waals surface area contributed by atoms with E-state index in [4.69, 9.17) is 9.47 Å². The van der Waals surface area contributed by atoms with E-state index in [0.717, 1.165) is 15.6 Å². The van der Waals surface area contributed by atoms with Gasteiger partial charge in [0.15, 0.2) is 19.7 Å². The molecular formula is C45H44BrN3O7Si. The molecule has 4 atom stereocenters. The second-order valence-electron chi connectivity index (χ2n) is 15.5. The SMILES string of the molecule is C[C@@H]1[C@@H]([Si](C)(C)O)[C@H](CC(=O)N(CCO)Cc2ccccc2)O[C@@]12C(=O)N(Cc1cccc(N3C(=O)c4ccccc4Oc4ccccc43)c1)c1ccc(Br)cc12.